The molecule has 1 aromatic heterocycles. The monoisotopic (exact) mass is 574 g/mol. The minimum absolute atomic E-state index is 0. The van der Waals surface area contributed by atoms with Crippen molar-refractivity contribution in [2.45, 2.75) is 32.5 Å². The van der Waals surface area contributed by atoms with E-state index in [4.69, 9.17) is 19.2 Å². The van der Waals surface area contributed by atoms with E-state index in [1.807, 2.05) is 18.2 Å². The Kier molecular flexibility index (Phi) is 11.6. The van der Waals surface area contributed by atoms with Crippen molar-refractivity contribution in [3.63, 3.8) is 0 Å². The highest BCUT2D eigenvalue weighted by Crippen LogP contribution is 2.28. The van der Waals surface area contributed by atoms with Crippen LogP contribution in [0.2, 0.25) is 0 Å². The van der Waals surface area contributed by atoms with Gasteiger partial charge in [0, 0.05) is 31.1 Å². The lowest BCUT2D eigenvalue weighted by Gasteiger charge is -2.37. The molecule has 1 aromatic carbocycles. The Morgan fingerprint density at radius 2 is 2.06 bits per heavy atom. The van der Waals surface area contributed by atoms with E-state index in [2.05, 4.69) is 46.9 Å². The summed E-state index contributed by atoms with van der Waals surface area (Å²) in [5.74, 6) is 2.24. The van der Waals surface area contributed by atoms with Crippen LogP contribution in [0.4, 0.5) is 0 Å². The first-order valence-corrected chi connectivity index (χ1v) is 11.6. The molecule has 2 heterocycles. The molecular weight excluding hydrogens is 539 g/mol. The fourth-order valence-corrected chi connectivity index (χ4v) is 4.56. The molecule has 1 fully saturated rings. The van der Waals surface area contributed by atoms with Gasteiger partial charge in [-0.15, -0.1) is 35.3 Å². The molecule has 0 amide bonds. The zero-order valence-corrected chi connectivity index (χ0v) is 22.4. The van der Waals surface area contributed by atoms with Gasteiger partial charge in [0.15, 0.2) is 17.5 Å². The van der Waals surface area contributed by atoms with Crippen LogP contribution in [0.5, 0.6) is 11.5 Å². The second-order valence-corrected chi connectivity index (χ2v) is 8.45. The van der Waals surface area contributed by atoms with Crippen molar-refractivity contribution in [3.05, 3.63) is 46.2 Å². The summed E-state index contributed by atoms with van der Waals surface area (Å²) in [6.45, 7) is 9.00. The molecule has 1 saturated heterocycles. The lowest BCUT2D eigenvalue weighted by Crippen LogP contribution is -2.48. The van der Waals surface area contributed by atoms with Gasteiger partial charge in [-0.05, 0) is 43.0 Å². The van der Waals surface area contributed by atoms with Gasteiger partial charge in [-0.3, -0.25) is 4.90 Å². The average molecular weight is 575 g/mol. The highest BCUT2D eigenvalue weighted by atomic mass is 127. The van der Waals surface area contributed by atoms with E-state index in [0.29, 0.717) is 12.3 Å². The molecule has 0 radical (unpaired) electrons. The van der Waals surface area contributed by atoms with Crippen LogP contribution >= 0.6 is 35.3 Å². The Morgan fingerprint density at radius 3 is 2.72 bits per heavy atom. The van der Waals surface area contributed by atoms with E-state index >= 15 is 0 Å². The Hall–Kier alpha value is -1.56. The van der Waals surface area contributed by atoms with Crippen LogP contribution in [0.25, 0.3) is 0 Å². The highest BCUT2D eigenvalue weighted by molar-refractivity contribution is 14.0. The Bertz CT molecular complexity index is 835. The second kappa shape index (κ2) is 13.9. The van der Waals surface area contributed by atoms with Crippen molar-refractivity contribution >= 4 is 41.3 Å². The van der Waals surface area contributed by atoms with Gasteiger partial charge in [-0.1, -0.05) is 12.1 Å². The third-order valence-corrected chi connectivity index (χ3v) is 6.23. The van der Waals surface area contributed by atoms with E-state index in [1.165, 1.54) is 4.88 Å². The van der Waals surface area contributed by atoms with Gasteiger partial charge in [-0.2, -0.15) is 0 Å². The fraction of sp³-hybridized carbons (Fsp3) is 0.522. The molecule has 3 rings (SSSR count). The van der Waals surface area contributed by atoms with Crippen LogP contribution in [0.15, 0.2) is 40.7 Å². The molecule has 0 spiro atoms. The summed E-state index contributed by atoms with van der Waals surface area (Å²) in [6, 6.07) is 10.5. The summed E-state index contributed by atoms with van der Waals surface area (Å²) in [5, 5.41) is 9.05. The first kappa shape index (κ1) is 26.7. The highest BCUT2D eigenvalue weighted by Gasteiger charge is 2.26. The fourth-order valence-electron chi connectivity index (χ4n) is 3.70. The summed E-state index contributed by atoms with van der Waals surface area (Å²) in [4.78, 5) is 8.65. The smallest absolute Gasteiger partial charge is 0.191 e. The number of hydrogen-bond donors (Lipinski definition) is 2. The van der Waals surface area contributed by atoms with E-state index in [9.17, 15) is 0 Å². The number of hydrogen-bond acceptors (Lipinski definition) is 6. The first-order valence-electron chi connectivity index (χ1n) is 10.8. The molecule has 32 heavy (non-hydrogen) atoms. The third kappa shape index (κ3) is 7.50. The van der Waals surface area contributed by atoms with Gasteiger partial charge < -0.3 is 24.8 Å². The second-order valence-electron chi connectivity index (χ2n) is 7.47. The van der Waals surface area contributed by atoms with Crippen LogP contribution in [0.1, 0.15) is 30.3 Å². The lowest BCUT2D eigenvalue weighted by atomic mass is 10.1. The zero-order chi connectivity index (χ0) is 22.1. The van der Waals surface area contributed by atoms with Crippen LogP contribution in [0, 0.1) is 0 Å². The van der Waals surface area contributed by atoms with E-state index < -0.39 is 0 Å². The van der Waals surface area contributed by atoms with Gasteiger partial charge >= 0.3 is 0 Å². The Labute approximate surface area is 212 Å². The van der Waals surface area contributed by atoms with E-state index in [-0.39, 0.29) is 36.1 Å². The molecule has 2 unspecified atom stereocenters. The van der Waals surface area contributed by atoms with Gasteiger partial charge in [0.2, 0.25) is 0 Å². The van der Waals surface area contributed by atoms with Gasteiger partial charge in [0.1, 0.15) is 0 Å². The summed E-state index contributed by atoms with van der Waals surface area (Å²) >= 11 is 1.80. The zero-order valence-electron chi connectivity index (χ0n) is 19.3. The third-order valence-electron chi connectivity index (χ3n) is 5.26. The number of aliphatic imine (C=N–C) groups is 1. The number of benzene rings is 1. The van der Waals surface area contributed by atoms with Crippen molar-refractivity contribution in [3.8, 4) is 11.5 Å². The van der Waals surface area contributed by atoms with Crippen LogP contribution in [-0.4, -0.2) is 64.0 Å². The molecule has 0 aliphatic carbocycles. The maximum absolute atomic E-state index is 5.75. The van der Waals surface area contributed by atoms with Gasteiger partial charge in [0.05, 0.1) is 39.5 Å². The number of guanidine groups is 1. The number of methoxy groups -OCH3 is 2. The van der Waals surface area contributed by atoms with Crippen molar-refractivity contribution in [2.24, 2.45) is 4.99 Å². The maximum Gasteiger partial charge on any atom is 0.191 e. The number of nitrogens with one attached hydrogen (secondary N) is 2. The molecule has 2 N–H and O–H groups in total. The topological polar surface area (TPSA) is 67.4 Å². The molecule has 7 nitrogen and oxygen atoms in total. The maximum atomic E-state index is 5.75. The predicted molar refractivity (Wildman–Crippen MR) is 142 cm³/mol. The number of ether oxygens (including phenoxy) is 3. The molecule has 1 aliphatic heterocycles. The van der Waals surface area contributed by atoms with E-state index in [0.717, 1.165) is 50.1 Å². The normalized spacial score (nSPS) is 17.9. The van der Waals surface area contributed by atoms with Crippen LogP contribution < -0.4 is 20.1 Å². The Balaban J connectivity index is 0.00000363. The Morgan fingerprint density at radius 1 is 1.25 bits per heavy atom. The minimum Gasteiger partial charge on any atom is -0.493 e. The van der Waals surface area contributed by atoms with Crippen LogP contribution in [-0.2, 0) is 11.3 Å². The van der Waals surface area contributed by atoms with Gasteiger partial charge in [-0.25, -0.2) is 4.99 Å². The predicted octanol–water partition coefficient (Wildman–Crippen LogP) is 3.90. The summed E-state index contributed by atoms with van der Waals surface area (Å²) < 4.78 is 16.5. The number of thiophene rings is 1. The SMILES string of the molecule is CCNC(=NCc1ccc(OC)c(OC)c1)NCC(c1cccs1)N1CCOC(C)C1.I. The number of morpholine rings is 1. The summed E-state index contributed by atoms with van der Waals surface area (Å²) in [7, 11) is 3.29. The van der Waals surface area contributed by atoms with E-state index in [1.54, 1.807) is 25.6 Å². The molecular formula is C23H35IN4O3S. The molecule has 2 atom stereocenters. The number of halogens is 1. The molecule has 2 aromatic rings. The van der Waals surface area contributed by atoms with Crippen molar-refractivity contribution in [2.75, 3.05) is 47.0 Å². The lowest BCUT2D eigenvalue weighted by molar-refractivity contribution is -0.0334. The molecule has 178 valence electrons. The molecule has 9 heteroatoms. The summed E-state index contributed by atoms with van der Waals surface area (Å²) in [5.41, 5.74) is 1.06. The standard InChI is InChI=1S/C23H34N4O3S.HI/c1-5-24-23(25-14-18-8-9-20(28-3)21(13-18)29-4)26-15-19(22-7-6-12-31-22)27-10-11-30-17(2)16-27;/h6-9,12-13,17,19H,5,10-11,14-16H2,1-4H3,(H2,24,25,26);1H. The average Bonchev–Trinajstić information content (AvgIpc) is 3.32. The molecule has 0 saturated carbocycles. The molecule has 1 aliphatic rings. The minimum atomic E-state index is 0. The summed E-state index contributed by atoms with van der Waals surface area (Å²) in [6.07, 6.45) is 0.253. The van der Waals surface area contributed by atoms with Crippen molar-refractivity contribution in [1.82, 2.24) is 15.5 Å². The van der Waals surface area contributed by atoms with Crippen LogP contribution in [0.3, 0.4) is 0 Å². The largest absolute Gasteiger partial charge is 0.493 e. The van der Waals surface area contributed by atoms with Gasteiger partial charge in [0.25, 0.3) is 0 Å². The quantitative estimate of drug-likeness (QED) is 0.269. The number of nitrogens with zero attached hydrogens (tertiary/aromatic N) is 2. The number of rotatable bonds is 9. The molecule has 0 bridgehead atoms. The van der Waals surface area contributed by atoms with Crippen molar-refractivity contribution in [1.29, 1.82) is 0 Å². The van der Waals surface area contributed by atoms with Crippen molar-refractivity contribution < 1.29 is 14.2 Å². The first-order chi connectivity index (χ1) is 15.1.